The van der Waals surface area contributed by atoms with Crippen LogP contribution in [0.4, 0.5) is 0 Å². The molecule has 0 saturated carbocycles. The molecule has 1 N–H and O–H groups in total. The molecular formula is C16H14ClN3O4S2. The Bertz CT molecular complexity index is 1050. The van der Waals surface area contributed by atoms with Gasteiger partial charge in [-0.25, -0.2) is 13.2 Å². The van der Waals surface area contributed by atoms with Crippen LogP contribution in [0.3, 0.4) is 0 Å². The summed E-state index contributed by atoms with van der Waals surface area (Å²) in [4.78, 5) is 12.3. The van der Waals surface area contributed by atoms with Crippen molar-refractivity contribution >= 4 is 50.4 Å². The van der Waals surface area contributed by atoms with E-state index in [2.05, 4.69) is 13.5 Å². The van der Waals surface area contributed by atoms with E-state index in [1.165, 1.54) is 6.07 Å². The Kier molecular flexibility index (Phi) is 5.52. The van der Waals surface area contributed by atoms with Crippen LogP contribution in [0, 0.1) is 0 Å². The van der Waals surface area contributed by atoms with E-state index in [0.29, 0.717) is 11.1 Å². The number of ether oxygens (including phenoxy) is 1. The number of nitrogens with zero attached hydrogens (tertiary/aromatic N) is 2. The number of benzene rings is 2. The number of aromatic nitrogens is 2. The van der Waals surface area contributed by atoms with Crippen molar-refractivity contribution in [2.24, 2.45) is 0 Å². The molecule has 0 radical (unpaired) electrons. The highest BCUT2D eigenvalue weighted by Gasteiger charge is 2.31. The smallest absolute Gasteiger partial charge is 0.328 e. The number of carbonyl (C=O) groups is 1. The minimum atomic E-state index is -4.09. The molecule has 0 spiro atoms. The Balaban J connectivity index is 2.04. The van der Waals surface area contributed by atoms with Gasteiger partial charge >= 0.3 is 5.97 Å². The molecule has 0 bridgehead atoms. The third-order valence-corrected chi connectivity index (χ3v) is 5.89. The van der Waals surface area contributed by atoms with Crippen LogP contribution < -0.4 is 4.72 Å². The minimum Gasteiger partial charge on any atom is -0.465 e. The number of sulfonamides is 1. The fourth-order valence-electron chi connectivity index (χ4n) is 2.39. The number of carbonyl (C=O) groups excluding carboxylic acids is 1. The lowest BCUT2D eigenvalue weighted by atomic mass is 10.1. The zero-order chi connectivity index (χ0) is 18.7. The van der Waals surface area contributed by atoms with E-state index in [-0.39, 0.29) is 22.0 Å². The zero-order valence-electron chi connectivity index (χ0n) is 13.5. The van der Waals surface area contributed by atoms with Crippen molar-refractivity contribution in [1.29, 1.82) is 0 Å². The fraction of sp³-hybridized carbons (Fsp3) is 0.188. The Morgan fingerprint density at radius 3 is 2.73 bits per heavy atom. The third-order valence-electron chi connectivity index (χ3n) is 3.55. The van der Waals surface area contributed by atoms with E-state index in [4.69, 9.17) is 16.3 Å². The molecule has 0 saturated heterocycles. The first-order valence-corrected chi connectivity index (χ1v) is 10.2. The number of hydrogen-bond acceptors (Lipinski definition) is 7. The second-order valence-corrected chi connectivity index (χ2v) is 7.83. The van der Waals surface area contributed by atoms with Gasteiger partial charge in [0, 0.05) is 5.02 Å². The van der Waals surface area contributed by atoms with Gasteiger partial charge in [0.15, 0.2) is 0 Å². The maximum atomic E-state index is 12.9. The summed E-state index contributed by atoms with van der Waals surface area (Å²) in [5, 5.41) is 0.252. The Morgan fingerprint density at radius 1 is 1.23 bits per heavy atom. The summed E-state index contributed by atoms with van der Waals surface area (Å²) in [7, 11) is -4.09. The molecule has 1 heterocycles. The highest BCUT2D eigenvalue weighted by Crippen LogP contribution is 2.27. The summed E-state index contributed by atoms with van der Waals surface area (Å²) < 4.78 is 41.3. The summed E-state index contributed by atoms with van der Waals surface area (Å²) in [6, 6.07) is 9.83. The van der Waals surface area contributed by atoms with Gasteiger partial charge in [-0.2, -0.15) is 13.5 Å². The van der Waals surface area contributed by atoms with Crippen LogP contribution in [0.2, 0.25) is 5.02 Å². The van der Waals surface area contributed by atoms with Gasteiger partial charge < -0.3 is 4.74 Å². The number of halogens is 1. The van der Waals surface area contributed by atoms with E-state index in [1.807, 2.05) is 0 Å². The van der Waals surface area contributed by atoms with Crippen molar-refractivity contribution in [3.8, 4) is 0 Å². The molecule has 10 heteroatoms. The van der Waals surface area contributed by atoms with Gasteiger partial charge in [0.2, 0.25) is 10.0 Å². The molecule has 1 aromatic heterocycles. The molecule has 136 valence electrons. The Hall–Kier alpha value is -2.07. The summed E-state index contributed by atoms with van der Waals surface area (Å²) in [5.41, 5.74) is 1.01. The molecule has 0 fully saturated rings. The van der Waals surface area contributed by atoms with Gasteiger partial charge in [0.05, 0.1) is 18.3 Å². The Labute approximate surface area is 159 Å². The lowest BCUT2D eigenvalue weighted by Crippen LogP contribution is -2.35. The van der Waals surface area contributed by atoms with Gasteiger partial charge in [-0.15, -0.1) is 0 Å². The van der Waals surface area contributed by atoms with Gasteiger partial charge in [0.1, 0.15) is 22.0 Å². The molecule has 3 aromatic rings. The van der Waals surface area contributed by atoms with Crippen molar-refractivity contribution in [3.63, 3.8) is 0 Å². The van der Waals surface area contributed by atoms with Crippen LogP contribution in [0.25, 0.3) is 11.0 Å². The number of fused-ring (bicyclic) bond motifs is 1. The summed E-state index contributed by atoms with van der Waals surface area (Å²) in [6.07, 6.45) is 0. The zero-order valence-corrected chi connectivity index (χ0v) is 15.9. The van der Waals surface area contributed by atoms with Crippen molar-refractivity contribution in [3.05, 3.63) is 53.1 Å². The maximum absolute atomic E-state index is 12.9. The monoisotopic (exact) mass is 411 g/mol. The molecule has 1 atom stereocenters. The van der Waals surface area contributed by atoms with Crippen molar-refractivity contribution in [2.75, 3.05) is 6.61 Å². The first-order chi connectivity index (χ1) is 12.4. The number of nitrogens with one attached hydrogen (secondary N) is 1. The van der Waals surface area contributed by atoms with Crippen LogP contribution >= 0.6 is 23.3 Å². The largest absolute Gasteiger partial charge is 0.465 e. The standard InChI is InChI=1S/C16H14ClN3O4S2/c1-2-24-16(21)14(10-6-3-4-7-11(10)17)20-26(22,23)13-9-5-8-12-15(13)19-25-18-12/h3-9,14,20H,2H2,1H3. The first-order valence-electron chi connectivity index (χ1n) is 7.58. The van der Waals surface area contributed by atoms with Crippen LogP contribution in [0.1, 0.15) is 18.5 Å². The van der Waals surface area contributed by atoms with Crippen LogP contribution in [-0.4, -0.2) is 29.7 Å². The van der Waals surface area contributed by atoms with E-state index < -0.39 is 22.0 Å². The molecular weight excluding hydrogens is 398 g/mol. The van der Waals surface area contributed by atoms with Crippen molar-refractivity contribution in [1.82, 2.24) is 13.5 Å². The van der Waals surface area contributed by atoms with Gasteiger partial charge in [-0.05, 0) is 30.7 Å². The highest BCUT2D eigenvalue weighted by molar-refractivity contribution is 7.89. The number of rotatable bonds is 6. The van der Waals surface area contributed by atoms with E-state index in [0.717, 1.165) is 11.7 Å². The summed E-state index contributed by atoms with van der Waals surface area (Å²) in [5.74, 6) is -0.743. The average Bonchev–Trinajstić information content (AvgIpc) is 3.09. The normalized spacial score (nSPS) is 12.8. The molecule has 0 aliphatic rings. The van der Waals surface area contributed by atoms with Crippen LogP contribution in [0.15, 0.2) is 47.4 Å². The molecule has 0 amide bonds. The SMILES string of the molecule is CCOC(=O)C(NS(=O)(=O)c1cccc2nsnc12)c1ccccc1Cl. The summed E-state index contributed by atoms with van der Waals surface area (Å²) >= 11 is 7.06. The van der Waals surface area contributed by atoms with Gasteiger partial charge in [-0.3, -0.25) is 0 Å². The minimum absolute atomic E-state index is 0.0647. The van der Waals surface area contributed by atoms with E-state index in [9.17, 15) is 13.2 Å². The predicted molar refractivity (Wildman–Crippen MR) is 98.6 cm³/mol. The van der Waals surface area contributed by atoms with E-state index >= 15 is 0 Å². The quantitative estimate of drug-likeness (QED) is 0.626. The fourth-order valence-corrected chi connectivity index (χ4v) is 4.57. The number of hydrogen-bond donors (Lipinski definition) is 1. The first kappa shape index (κ1) is 18.7. The van der Waals surface area contributed by atoms with Gasteiger partial charge in [-0.1, -0.05) is 35.9 Å². The lowest BCUT2D eigenvalue weighted by Gasteiger charge is -2.19. The molecule has 1 unspecified atom stereocenters. The van der Waals surface area contributed by atoms with Crippen LogP contribution in [-0.2, 0) is 19.6 Å². The second kappa shape index (κ2) is 7.67. The highest BCUT2D eigenvalue weighted by atomic mass is 35.5. The van der Waals surface area contributed by atoms with Crippen molar-refractivity contribution < 1.29 is 17.9 Å². The predicted octanol–water partition coefficient (Wildman–Crippen LogP) is 2.93. The molecule has 26 heavy (non-hydrogen) atoms. The average molecular weight is 412 g/mol. The molecule has 3 rings (SSSR count). The summed E-state index contributed by atoms with van der Waals surface area (Å²) in [6.45, 7) is 1.74. The lowest BCUT2D eigenvalue weighted by molar-refractivity contribution is -0.145. The molecule has 7 nitrogen and oxygen atoms in total. The molecule has 0 aliphatic heterocycles. The third kappa shape index (κ3) is 3.70. The van der Waals surface area contributed by atoms with Gasteiger partial charge in [0.25, 0.3) is 0 Å². The second-order valence-electron chi connectivity index (χ2n) is 5.22. The topological polar surface area (TPSA) is 98.2 Å². The molecule has 0 aliphatic carbocycles. The van der Waals surface area contributed by atoms with E-state index in [1.54, 1.807) is 43.3 Å². The van der Waals surface area contributed by atoms with Crippen LogP contribution in [0.5, 0.6) is 0 Å². The molecule has 2 aromatic carbocycles. The maximum Gasteiger partial charge on any atom is 0.328 e. The van der Waals surface area contributed by atoms with Crippen molar-refractivity contribution in [2.45, 2.75) is 17.9 Å². The Morgan fingerprint density at radius 2 is 2.00 bits per heavy atom. The number of esters is 1.